The third-order valence-corrected chi connectivity index (χ3v) is 5.61. The summed E-state index contributed by atoms with van der Waals surface area (Å²) in [7, 11) is 3.20. The highest BCUT2D eigenvalue weighted by Crippen LogP contribution is 2.33. The van der Waals surface area contributed by atoms with Crippen LogP contribution in [0.15, 0.2) is 23.6 Å². The molecule has 1 heterocycles. The Balaban J connectivity index is 0.00000364. The molecule has 3 N–H and O–H groups in total. The van der Waals surface area contributed by atoms with E-state index < -0.39 is 0 Å². The number of nitrogens with one attached hydrogen (secondary N) is 1. The normalized spacial score (nSPS) is 10.5. The minimum Gasteiger partial charge on any atom is -0.493 e. The maximum Gasteiger partial charge on any atom is 0.226 e. The molecule has 28 heavy (non-hydrogen) atoms. The van der Waals surface area contributed by atoms with Gasteiger partial charge in [0.15, 0.2) is 11.5 Å². The molecule has 9 heteroatoms. The molecular formula is C19H29Cl2N3O3S. The number of halogens is 2. The van der Waals surface area contributed by atoms with Gasteiger partial charge < -0.3 is 20.5 Å². The fourth-order valence-corrected chi connectivity index (χ4v) is 3.58. The Morgan fingerprint density at radius 1 is 1.18 bits per heavy atom. The van der Waals surface area contributed by atoms with Crippen molar-refractivity contribution in [3.63, 3.8) is 0 Å². The third-order valence-electron chi connectivity index (χ3n) is 4.67. The topological polar surface area (TPSA) is 86.5 Å². The Morgan fingerprint density at radius 2 is 1.82 bits per heavy atom. The number of benzene rings is 1. The molecule has 0 aliphatic heterocycles. The second-order valence-electron chi connectivity index (χ2n) is 6.13. The fourth-order valence-electron chi connectivity index (χ4n) is 2.76. The fraction of sp³-hybridized carbons (Fsp3) is 0.474. The highest BCUT2D eigenvalue weighted by atomic mass is 35.5. The van der Waals surface area contributed by atoms with E-state index in [1.54, 1.807) is 14.2 Å². The van der Waals surface area contributed by atoms with Crippen molar-refractivity contribution in [1.82, 2.24) is 10.3 Å². The van der Waals surface area contributed by atoms with E-state index in [-0.39, 0.29) is 42.7 Å². The van der Waals surface area contributed by atoms with Crippen LogP contribution in [-0.2, 0) is 11.2 Å². The van der Waals surface area contributed by atoms with Crippen molar-refractivity contribution in [1.29, 1.82) is 0 Å². The molecule has 0 atom stereocenters. The summed E-state index contributed by atoms with van der Waals surface area (Å²) in [5.41, 5.74) is 7.19. The molecule has 0 aliphatic carbocycles. The van der Waals surface area contributed by atoms with Gasteiger partial charge in [0.25, 0.3) is 0 Å². The molecule has 0 radical (unpaired) electrons. The van der Waals surface area contributed by atoms with Gasteiger partial charge in [0, 0.05) is 17.5 Å². The van der Waals surface area contributed by atoms with Crippen LogP contribution in [-0.4, -0.2) is 37.2 Å². The minimum absolute atomic E-state index is 0. The molecule has 158 valence electrons. The van der Waals surface area contributed by atoms with E-state index in [0.717, 1.165) is 29.1 Å². The minimum atomic E-state index is -0.334. The number of hydrogen-bond acceptors (Lipinski definition) is 6. The second-order valence-corrected chi connectivity index (χ2v) is 6.99. The standard InChI is InChI=1S/C19H27N3O3S.2ClH/c1-5-19(6-2,12-20)22-17(23)10-14-11-26-18(21-14)13-7-8-15(24-3)16(9-13)25-4;;/h7-9,11H,5-6,10,12,20H2,1-4H3,(H,22,23);2*1H. The van der Waals surface area contributed by atoms with E-state index in [1.165, 1.54) is 11.3 Å². The Morgan fingerprint density at radius 3 is 2.36 bits per heavy atom. The summed E-state index contributed by atoms with van der Waals surface area (Å²) in [6.45, 7) is 4.50. The second kappa shape index (κ2) is 12.1. The molecule has 1 aromatic heterocycles. The van der Waals surface area contributed by atoms with Gasteiger partial charge in [-0.1, -0.05) is 13.8 Å². The Labute approximate surface area is 183 Å². The Hall–Kier alpha value is -1.54. The van der Waals surface area contributed by atoms with Crippen LogP contribution in [0.5, 0.6) is 11.5 Å². The highest BCUT2D eigenvalue weighted by molar-refractivity contribution is 7.13. The van der Waals surface area contributed by atoms with Gasteiger partial charge in [0.05, 0.1) is 31.9 Å². The summed E-state index contributed by atoms with van der Waals surface area (Å²) in [6.07, 6.45) is 1.85. The van der Waals surface area contributed by atoms with Crippen molar-refractivity contribution >= 4 is 42.1 Å². The molecule has 1 amide bonds. The van der Waals surface area contributed by atoms with E-state index >= 15 is 0 Å². The summed E-state index contributed by atoms with van der Waals surface area (Å²) >= 11 is 1.50. The SMILES string of the molecule is CCC(CC)(CN)NC(=O)Cc1csc(-c2ccc(OC)c(OC)c2)n1.Cl.Cl. The molecular weight excluding hydrogens is 421 g/mol. The lowest BCUT2D eigenvalue weighted by Crippen LogP contribution is -2.53. The summed E-state index contributed by atoms with van der Waals surface area (Å²) in [5, 5.41) is 5.82. The monoisotopic (exact) mass is 449 g/mol. The van der Waals surface area contributed by atoms with Crippen molar-refractivity contribution in [2.75, 3.05) is 20.8 Å². The zero-order valence-electron chi connectivity index (χ0n) is 16.6. The largest absolute Gasteiger partial charge is 0.493 e. The van der Waals surface area contributed by atoms with E-state index in [9.17, 15) is 4.79 Å². The van der Waals surface area contributed by atoms with Crippen LogP contribution in [0.4, 0.5) is 0 Å². The van der Waals surface area contributed by atoms with Gasteiger partial charge in [-0.2, -0.15) is 0 Å². The van der Waals surface area contributed by atoms with Gasteiger partial charge in [-0.25, -0.2) is 4.98 Å². The number of ether oxygens (including phenoxy) is 2. The number of hydrogen-bond donors (Lipinski definition) is 2. The molecule has 0 unspecified atom stereocenters. The van der Waals surface area contributed by atoms with Crippen molar-refractivity contribution in [2.45, 2.75) is 38.6 Å². The van der Waals surface area contributed by atoms with Gasteiger partial charge in [0.2, 0.25) is 5.91 Å². The quantitative estimate of drug-likeness (QED) is 0.606. The van der Waals surface area contributed by atoms with Gasteiger partial charge in [-0.15, -0.1) is 36.2 Å². The number of aromatic nitrogens is 1. The number of thiazole rings is 1. The van der Waals surface area contributed by atoms with Gasteiger partial charge in [-0.3, -0.25) is 4.79 Å². The first-order valence-corrected chi connectivity index (χ1v) is 9.56. The molecule has 0 aliphatic rings. The lowest BCUT2D eigenvalue weighted by molar-refractivity contribution is -0.122. The van der Waals surface area contributed by atoms with Crippen LogP contribution >= 0.6 is 36.2 Å². The number of carbonyl (C=O) groups excluding carboxylic acids is 1. The molecule has 0 saturated carbocycles. The number of nitrogens with zero attached hydrogens (tertiary/aromatic N) is 1. The van der Waals surface area contributed by atoms with Gasteiger partial charge in [0.1, 0.15) is 5.01 Å². The van der Waals surface area contributed by atoms with Crippen molar-refractivity contribution < 1.29 is 14.3 Å². The maximum absolute atomic E-state index is 12.4. The van der Waals surface area contributed by atoms with Crippen molar-refractivity contribution in [2.24, 2.45) is 5.73 Å². The van der Waals surface area contributed by atoms with Crippen LogP contribution in [0.1, 0.15) is 32.4 Å². The molecule has 0 fully saturated rings. The number of carbonyl (C=O) groups is 1. The Bertz CT molecular complexity index is 744. The lowest BCUT2D eigenvalue weighted by atomic mass is 9.92. The number of rotatable bonds is 9. The van der Waals surface area contributed by atoms with Gasteiger partial charge >= 0.3 is 0 Å². The summed E-state index contributed by atoms with van der Waals surface area (Å²) in [4.78, 5) is 17.0. The van der Waals surface area contributed by atoms with Crippen molar-refractivity contribution in [3.8, 4) is 22.1 Å². The summed E-state index contributed by atoms with van der Waals surface area (Å²) in [6, 6.07) is 5.66. The number of amides is 1. The average molecular weight is 450 g/mol. The van der Waals surface area contributed by atoms with E-state index in [2.05, 4.69) is 10.3 Å². The zero-order chi connectivity index (χ0) is 19.2. The lowest BCUT2D eigenvalue weighted by Gasteiger charge is -2.31. The van der Waals surface area contributed by atoms with Crippen LogP contribution in [0, 0.1) is 0 Å². The molecule has 2 rings (SSSR count). The third kappa shape index (κ3) is 6.24. The molecule has 0 spiro atoms. The van der Waals surface area contributed by atoms with E-state index in [4.69, 9.17) is 15.2 Å². The van der Waals surface area contributed by atoms with E-state index in [0.29, 0.717) is 18.0 Å². The van der Waals surface area contributed by atoms with Crippen LogP contribution < -0.4 is 20.5 Å². The van der Waals surface area contributed by atoms with Crippen molar-refractivity contribution in [3.05, 3.63) is 29.3 Å². The average Bonchev–Trinajstić information content (AvgIpc) is 3.13. The molecule has 6 nitrogen and oxygen atoms in total. The first-order chi connectivity index (χ1) is 12.5. The first kappa shape index (κ1) is 26.5. The highest BCUT2D eigenvalue weighted by Gasteiger charge is 2.26. The predicted molar refractivity (Wildman–Crippen MR) is 119 cm³/mol. The maximum atomic E-state index is 12.4. The zero-order valence-corrected chi connectivity index (χ0v) is 19.1. The molecule has 0 saturated heterocycles. The van der Waals surface area contributed by atoms with Gasteiger partial charge in [-0.05, 0) is 31.0 Å². The molecule has 1 aromatic carbocycles. The van der Waals surface area contributed by atoms with E-state index in [1.807, 2.05) is 37.4 Å². The molecule has 2 aromatic rings. The molecule has 0 bridgehead atoms. The van der Waals surface area contributed by atoms with Crippen LogP contribution in [0.25, 0.3) is 10.6 Å². The van der Waals surface area contributed by atoms with Crippen LogP contribution in [0.3, 0.4) is 0 Å². The van der Waals surface area contributed by atoms with Crippen LogP contribution in [0.2, 0.25) is 0 Å². The number of nitrogens with two attached hydrogens (primary N) is 1. The predicted octanol–water partition coefficient (Wildman–Crippen LogP) is 3.85. The first-order valence-electron chi connectivity index (χ1n) is 8.68. The number of methoxy groups -OCH3 is 2. The summed E-state index contributed by atoms with van der Waals surface area (Å²) < 4.78 is 10.6. The Kier molecular flexibility index (Phi) is 11.4. The smallest absolute Gasteiger partial charge is 0.226 e. The summed E-state index contributed by atoms with van der Waals surface area (Å²) in [5.74, 6) is 1.27.